The van der Waals surface area contributed by atoms with Gasteiger partial charge in [-0.3, -0.25) is 4.79 Å². The van der Waals surface area contributed by atoms with Crippen molar-refractivity contribution in [2.45, 2.75) is 13.3 Å². The van der Waals surface area contributed by atoms with Gasteiger partial charge in [0.15, 0.2) is 5.78 Å². The minimum absolute atomic E-state index is 0.0481. The standard InChI is InChI=1S/C15H11BrClFO/c1-9-5-6-12(16)10(7-9)15(19)8-11-13(17)3-2-4-14(11)18/h2-7H,8H2,1H3. The second-order valence-electron chi connectivity index (χ2n) is 4.28. The van der Waals surface area contributed by atoms with Crippen LogP contribution < -0.4 is 0 Å². The van der Waals surface area contributed by atoms with Crippen LogP contribution in [0.25, 0.3) is 0 Å². The van der Waals surface area contributed by atoms with Gasteiger partial charge >= 0.3 is 0 Å². The molecule has 0 saturated carbocycles. The molecule has 0 spiro atoms. The Morgan fingerprint density at radius 3 is 2.74 bits per heavy atom. The SMILES string of the molecule is Cc1ccc(Br)c(C(=O)Cc2c(F)cccc2Cl)c1. The summed E-state index contributed by atoms with van der Waals surface area (Å²) in [6, 6.07) is 9.90. The summed E-state index contributed by atoms with van der Waals surface area (Å²) in [7, 11) is 0. The second kappa shape index (κ2) is 5.85. The summed E-state index contributed by atoms with van der Waals surface area (Å²) in [4.78, 5) is 12.2. The topological polar surface area (TPSA) is 17.1 Å². The highest BCUT2D eigenvalue weighted by Gasteiger charge is 2.15. The monoisotopic (exact) mass is 340 g/mol. The van der Waals surface area contributed by atoms with Gasteiger partial charge in [-0.2, -0.15) is 0 Å². The van der Waals surface area contributed by atoms with Crippen molar-refractivity contribution in [2.75, 3.05) is 0 Å². The molecule has 0 aliphatic heterocycles. The summed E-state index contributed by atoms with van der Waals surface area (Å²) in [6.07, 6.45) is -0.0481. The lowest BCUT2D eigenvalue weighted by atomic mass is 10.0. The first-order chi connectivity index (χ1) is 8.99. The van der Waals surface area contributed by atoms with Gasteiger partial charge in [0.25, 0.3) is 0 Å². The number of ketones is 1. The van der Waals surface area contributed by atoms with Crippen LogP contribution in [0.1, 0.15) is 21.5 Å². The van der Waals surface area contributed by atoms with E-state index in [-0.39, 0.29) is 22.8 Å². The van der Waals surface area contributed by atoms with E-state index in [4.69, 9.17) is 11.6 Å². The van der Waals surface area contributed by atoms with E-state index in [1.54, 1.807) is 12.1 Å². The van der Waals surface area contributed by atoms with Crippen molar-refractivity contribution in [3.05, 3.63) is 68.4 Å². The molecule has 1 nitrogen and oxygen atoms in total. The fourth-order valence-corrected chi connectivity index (χ4v) is 2.51. The minimum atomic E-state index is -0.454. The number of carbonyl (C=O) groups is 1. The zero-order valence-electron chi connectivity index (χ0n) is 10.2. The van der Waals surface area contributed by atoms with Crippen molar-refractivity contribution in [2.24, 2.45) is 0 Å². The Morgan fingerprint density at radius 1 is 1.32 bits per heavy atom. The van der Waals surface area contributed by atoms with E-state index in [0.29, 0.717) is 10.0 Å². The maximum Gasteiger partial charge on any atom is 0.168 e. The van der Waals surface area contributed by atoms with E-state index in [1.807, 2.05) is 19.1 Å². The van der Waals surface area contributed by atoms with Crippen LogP contribution in [-0.2, 0) is 6.42 Å². The molecule has 98 valence electrons. The fraction of sp³-hybridized carbons (Fsp3) is 0.133. The Balaban J connectivity index is 2.34. The van der Waals surface area contributed by atoms with Crippen LogP contribution in [0.3, 0.4) is 0 Å². The molecular weight excluding hydrogens is 331 g/mol. The highest BCUT2D eigenvalue weighted by atomic mass is 79.9. The van der Waals surface area contributed by atoms with Gasteiger partial charge in [-0.1, -0.05) is 45.2 Å². The fourth-order valence-electron chi connectivity index (χ4n) is 1.81. The van der Waals surface area contributed by atoms with Crippen LogP contribution in [0.5, 0.6) is 0 Å². The third kappa shape index (κ3) is 3.23. The summed E-state index contributed by atoms with van der Waals surface area (Å²) < 4.78 is 14.4. The second-order valence-corrected chi connectivity index (χ2v) is 5.55. The molecule has 0 aliphatic carbocycles. The third-order valence-electron chi connectivity index (χ3n) is 2.82. The molecule has 0 bridgehead atoms. The molecule has 0 amide bonds. The lowest BCUT2D eigenvalue weighted by Crippen LogP contribution is -2.07. The van der Waals surface area contributed by atoms with Crippen molar-refractivity contribution in [1.82, 2.24) is 0 Å². The summed E-state index contributed by atoms with van der Waals surface area (Å²) >= 11 is 9.26. The molecule has 4 heteroatoms. The molecule has 0 saturated heterocycles. The molecule has 2 aromatic carbocycles. The maximum absolute atomic E-state index is 13.7. The first-order valence-corrected chi connectivity index (χ1v) is 6.88. The summed E-state index contributed by atoms with van der Waals surface area (Å²) in [5.41, 5.74) is 1.76. The maximum atomic E-state index is 13.7. The van der Waals surface area contributed by atoms with Gasteiger partial charge in [0.2, 0.25) is 0 Å². The van der Waals surface area contributed by atoms with Crippen LogP contribution in [0.2, 0.25) is 5.02 Å². The van der Waals surface area contributed by atoms with Crippen LogP contribution in [0, 0.1) is 12.7 Å². The molecule has 0 atom stereocenters. The number of aryl methyl sites for hydroxylation is 1. The first kappa shape index (κ1) is 14.2. The zero-order chi connectivity index (χ0) is 14.0. The van der Waals surface area contributed by atoms with E-state index in [1.165, 1.54) is 12.1 Å². The van der Waals surface area contributed by atoms with Crippen molar-refractivity contribution in [1.29, 1.82) is 0 Å². The zero-order valence-corrected chi connectivity index (χ0v) is 12.6. The Kier molecular flexibility index (Phi) is 4.38. The Hall–Kier alpha value is -1.19. The van der Waals surface area contributed by atoms with Crippen molar-refractivity contribution < 1.29 is 9.18 Å². The average Bonchev–Trinajstić information content (AvgIpc) is 2.37. The van der Waals surface area contributed by atoms with Gasteiger partial charge in [-0.15, -0.1) is 0 Å². The summed E-state index contributed by atoms with van der Waals surface area (Å²) in [5, 5.41) is 0.275. The van der Waals surface area contributed by atoms with Crippen LogP contribution in [0.4, 0.5) is 4.39 Å². The van der Waals surface area contributed by atoms with Crippen molar-refractivity contribution in [3.8, 4) is 0 Å². The van der Waals surface area contributed by atoms with E-state index in [9.17, 15) is 9.18 Å². The van der Waals surface area contributed by atoms with Gasteiger partial charge in [-0.25, -0.2) is 4.39 Å². The number of hydrogen-bond donors (Lipinski definition) is 0. The first-order valence-electron chi connectivity index (χ1n) is 5.71. The average molecular weight is 342 g/mol. The number of rotatable bonds is 3. The lowest BCUT2D eigenvalue weighted by Gasteiger charge is -2.07. The molecule has 0 N–H and O–H groups in total. The van der Waals surface area contributed by atoms with E-state index >= 15 is 0 Å². The Labute approximate surface area is 124 Å². The third-order valence-corrected chi connectivity index (χ3v) is 3.87. The largest absolute Gasteiger partial charge is 0.294 e. The number of hydrogen-bond acceptors (Lipinski definition) is 1. The molecule has 0 radical (unpaired) electrons. The molecule has 0 aliphatic rings. The molecule has 2 aromatic rings. The van der Waals surface area contributed by atoms with Crippen molar-refractivity contribution >= 4 is 33.3 Å². The van der Waals surface area contributed by atoms with Gasteiger partial charge in [0, 0.05) is 27.0 Å². The molecule has 19 heavy (non-hydrogen) atoms. The molecular formula is C15H11BrClFO. The smallest absolute Gasteiger partial charge is 0.168 e. The van der Waals surface area contributed by atoms with E-state index in [0.717, 1.165) is 5.56 Å². The van der Waals surface area contributed by atoms with E-state index < -0.39 is 5.82 Å². The summed E-state index contributed by atoms with van der Waals surface area (Å²) in [5.74, 6) is -0.618. The Bertz CT molecular complexity index is 620. The van der Waals surface area contributed by atoms with Gasteiger partial charge in [0.1, 0.15) is 5.82 Å². The number of halogens is 3. The number of Topliss-reactive ketones (excluding diaryl/α,β-unsaturated/α-hetero) is 1. The van der Waals surface area contributed by atoms with Crippen LogP contribution >= 0.6 is 27.5 Å². The normalized spacial score (nSPS) is 10.5. The van der Waals surface area contributed by atoms with Gasteiger partial charge in [0.05, 0.1) is 0 Å². The highest BCUT2D eigenvalue weighted by molar-refractivity contribution is 9.10. The predicted octanol–water partition coefficient (Wildman–Crippen LogP) is 4.98. The molecule has 0 aromatic heterocycles. The summed E-state index contributed by atoms with van der Waals surface area (Å²) in [6.45, 7) is 1.90. The van der Waals surface area contributed by atoms with E-state index in [2.05, 4.69) is 15.9 Å². The minimum Gasteiger partial charge on any atom is -0.294 e. The highest BCUT2D eigenvalue weighted by Crippen LogP contribution is 2.24. The molecule has 0 heterocycles. The van der Waals surface area contributed by atoms with Gasteiger partial charge < -0.3 is 0 Å². The van der Waals surface area contributed by atoms with Gasteiger partial charge in [-0.05, 0) is 31.2 Å². The lowest BCUT2D eigenvalue weighted by molar-refractivity contribution is 0.0991. The predicted molar refractivity (Wildman–Crippen MR) is 78.3 cm³/mol. The quantitative estimate of drug-likeness (QED) is 0.720. The number of carbonyl (C=O) groups excluding carboxylic acids is 1. The van der Waals surface area contributed by atoms with Crippen LogP contribution in [0.15, 0.2) is 40.9 Å². The number of benzene rings is 2. The molecule has 0 fully saturated rings. The Morgan fingerprint density at radius 2 is 2.05 bits per heavy atom. The van der Waals surface area contributed by atoms with Crippen molar-refractivity contribution in [3.63, 3.8) is 0 Å². The molecule has 0 unspecified atom stereocenters. The van der Waals surface area contributed by atoms with Crippen LogP contribution in [-0.4, -0.2) is 5.78 Å². The molecule has 2 rings (SSSR count).